The molecule has 1 heterocycles. The Labute approximate surface area is 121 Å². The van der Waals surface area contributed by atoms with Gasteiger partial charge in [-0.2, -0.15) is 0 Å². The van der Waals surface area contributed by atoms with Crippen molar-refractivity contribution in [3.8, 4) is 18.1 Å². The average molecular weight is 317 g/mol. The van der Waals surface area contributed by atoms with E-state index in [0.29, 0.717) is 6.54 Å². The zero-order chi connectivity index (χ0) is 13.5. The Hall–Kier alpha value is -1.99. The predicted octanol–water partition coefficient (Wildman–Crippen LogP) is 3.47. The Kier molecular flexibility index (Phi) is 4.82. The standard InChI is InChI=1S/C15H13BrN2O/c1-2-8-19-15-6-5-13(16)9-12(15)10-18-14-4-3-7-17-11-14/h1,3-7,9,11,18H,8,10H2. The second kappa shape index (κ2) is 6.81. The summed E-state index contributed by atoms with van der Waals surface area (Å²) >= 11 is 3.45. The number of terminal acetylenes is 1. The van der Waals surface area contributed by atoms with E-state index in [1.165, 1.54) is 0 Å². The number of ether oxygens (including phenoxy) is 1. The maximum absolute atomic E-state index is 5.52. The van der Waals surface area contributed by atoms with Crippen molar-refractivity contribution >= 4 is 21.6 Å². The second-order valence-electron chi connectivity index (χ2n) is 3.84. The van der Waals surface area contributed by atoms with Gasteiger partial charge in [-0.15, -0.1) is 6.42 Å². The highest BCUT2D eigenvalue weighted by atomic mass is 79.9. The molecule has 0 radical (unpaired) electrons. The highest BCUT2D eigenvalue weighted by Gasteiger charge is 2.04. The van der Waals surface area contributed by atoms with Crippen molar-refractivity contribution in [3.05, 3.63) is 52.8 Å². The van der Waals surface area contributed by atoms with Gasteiger partial charge in [-0.25, -0.2) is 0 Å². The zero-order valence-corrected chi connectivity index (χ0v) is 11.9. The molecule has 0 bridgehead atoms. The number of hydrogen-bond acceptors (Lipinski definition) is 3. The summed E-state index contributed by atoms with van der Waals surface area (Å²) in [6.45, 7) is 0.909. The van der Waals surface area contributed by atoms with Crippen LogP contribution < -0.4 is 10.1 Å². The lowest BCUT2D eigenvalue weighted by molar-refractivity contribution is 0.366. The molecule has 0 aliphatic heterocycles. The first-order chi connectivity index (χ1) is 9.29. The molecule has 4 heteroatoms. The summed E-state index contributed by atoms with van der Waals surface area (Å²) in [6.07, 6.45) is 8.73. The third-order valence-corrected chi connectivity index (χ3v) is 2.97. The quantitative estimate of drug-likeness (QED) is 0.858. The van der Waals surface area contributed by atoms with Crippen LogP contribution in [0, 0.1) is 12.3 Å². The molecular formula is C15H13BrN2O. The van der Waals surface area contributed by atoms with Gasteiger partial charge in [0.15, 0.2) is 0 Å². The first kappa shape index (κ1) is 13.4. The zero-order valence-electron chi connectivity index (χ0n) is 10.3. The lowest BCUT2D eigenvalue weighted by Gasteiger charge is -2.12. The molecule has 2 rings (SSSR count). The van der Waals surface area contributed by atoms with Crippen LogP contribution in [0.2, 0.25) is 0 Å². The molecule has 96 valence electrons. The fourth-order valence-corrected chi connectivity index (χ4v) is 2.02. The maximum atomic E-state index is 5.52. The van der Waals surface area contributed by atoms with Crippen molar-refractivity contribution in [3.63, 3.8) is 0 Å². The maximum Gasteiger partial charge on any atom is 0.148 e. The van der Waals surface area contributed by atoms with Gasteiger partial charge in [0.2, 0.25) is 0 Å². The van der Waals surface area contributed by atoms with Crippen LogP contribution in [0.5, 0.6) is 5.75 Å². The van der Waals surface area contributed by atoms with Gasteiger partial charge in [0, 0.05) is 29.0 Å². The molecule has 2 aromatic rings. The number of halogens is 1. The topological polar surface area (TPSA) is 34.1 Å². The van der Waals surface area contributed by atoms with Crippen LogP contribution in [0.3, 0.4) is 0 Å². The van der Waals surface area contributed by atoms with E-state index in [1.807, 2.05) is 30.3 Å². The molecule has 0 atom stereocenters. The van der Waals surface area contributed by atoms with Gasteiger partial charge in [-0.3, -0.25) is 4.98 Å². The number of nitrogens with zero attached hydrogens (tertiary/aromatic N) is 1. The molecule has 0 amide bonds. The van der Waals surface area contributed by atoms with Crippen LogP contribution in [-0.4, -0.2) is 11.6 Å². The SMILES string of the molecule is C#CCOc1ccc(Br)cc1CNc1cccnc1. The molecule has 3 nitrogen and oxygen atoms in total. The molecule has 0 fully saturated rings. The number of anilines is 1. The number of nitrogens with one attached hydrogen (secondary N) is 1. The van der Waals surface area contributed by atoms with Gasteiger partial charge in [0.25, 0.3) is 0 Å². The van der Waals surface area contributed by atoms with Crippen LogP contribution >= 0.6 is 15.9 Å². The Morgan fingerprint density at radius 3 is 3.00 bits per heavy atom. The summed E-state index contributed by atoms with van der Waals surface area (Å²) in [4.78, 5) is 4.06. The number of benzene rings is 1. The van der Waals surface area contributed by atoms with Gasteiger partial charge < -0.3 is 10.1 Å². The number of hydrogen-bond donors (Lipinski definition) is 1. The highest BCUT2D eigenvalue weighted by molar-refractivity contribution is 9.10. The summed E-state index contributed by atoms with van der Waals surface area (Å²) in [5, 5.41) is 3.29. The van der Waals surface area contributed by atoms with Crippen molar-refractivity contribution in [1.82, 2.24) is 4.98 Å². The van der Waals surface area contributed by atoms with Gasteiger partial charge >= 0.3 is 0 Å². The van der Waals surface area contributed by atoms with Gasteiger partial charge in [0.05, 0.1) is 5.69 Å². The van der Waals surface area contributed by atoms with Gasteiger partial charge in [0.1, 0.15) is 12.4 Å². The third kappa shape index (κ3) is 4.01. The van der Waals surface area contributed by atoms with E-state index >= 15 is 0 Å². The lowest BCUT2D eigenvalue weighted by atomic mass is 10.2. The van der Waals surface area contributed by atoms with E-state index < -0.39 is 0 Å². The summed E-state index contributed by atoms with van der Waals surface area (Å²) < 4.78 is 6.52. The summed E-state index contributed by atoms with van der Waals surface area (Å²) in [6, 6.07) is 9.70. The number of rotatable bonds is 5. The third-order valence-electron chi connectivity index (χ3n) is 2.48. The summed E-state index contributed by atoms with van der Waals surface area (Å²) in [7, 11) is 0. The number of pyridine rings is 1. The predicted molar refractivity (Wildman–Crippen MR) is 80.0 cm³/mol. The summed E-state index contributed by atoms with van der Waals surface area (Å²) in [5.41, 5.74) is 2.00. The molecule has 1 N–H and O–H groups in total. The van der Waals surface area contributed by atoms with E-state index in [1.54, 1.807) is 12.4 Å². The molecule has 0 saturated carbocycles. The van der Waals surface area contributed by atoms with Crippen LogP contribution in [0.1, 0.15) is 5.56 Å². The van der Waals surface area contributed by atoms with E-state index in [0.717, 1.165) is 21.5 Å². The Bertz CT molecular complexity index is 578. The Balaban J connectivity index is 2.10. The van der Waals surface area contributed by atoms with E-state index in [4.69, 9.17) is 11.2 Å². The molecule has 0 saturated heterocycles. The van der Waals surface area contributed by atoms with Crippen molar-refractivity contribution in [2.45, 2.75) is 6.54 Å². The monoisotopic (exact) mass is 316 g/mol. The average Bonchev–Trinajstić information content (AvgIpc) is 2.45. The van der Waals surface area contributed by atoms with E-state index in [-0.39, 0.29) is 6.61 Å². The molecule has 1 aromatic heterocycles. The van der Waals surface area contributed by atoms with Crippen molar-refractivity contribution in [2.75, 3.05) is 11.9 Å². The van der Waals surface area contributed by atoms with Gasteiger partial charge in [-0.1, -0.05) is 21.9 Å². The Morgan fingerprint density at radius 2 is 2.26 bits per heavy atom. The summed E-state index contributed by atoms with van der Waals surface area (Å²) in [5.74, 6) is 3.26. The molecule has 19 heavy (non-hydrogen) atoms. The van der Waals surface area contributed by atoms with Crippen LogP contribution in [0.4, 0.5) is 5.69 Å². The van der Waals surface area contributed by atoms with Crippen LogP contribution in [0.25, 0.3) is 0 Å². The molecular weight excluding hydrogens is 304 g/mol. The van der Waals surface area contributed by atoms with Crippen molar-refractivity contribution < 1.29 is 4.74 Å². The minimum atomic E-state index is 0.265. The fraction of sp³-hybridized carbons (Fsp3) is 0.133. The molecule has 1 aromatic carbocycles. The van der Waals surface area contributed by atoms with Crippen LogP contribution in [-0.2, 0) is 6.54 Å². The van der Waals surface area contributed by atoms with Crippen molar-refractivity contribution in [2.24, 2.45) is 0 Å². The molecule has 0 spiro atoms. The molecule has 0 aliphatic rings. The first-order valence-corrected chi connectivity index (χ1v) is 6.57. The lowest BCUT2D eigenvalue weighted by Crippen LogP contribution is -2.04. The minimum absolute atomic E-state index is 0.265. The largest absolute Gasteiger partial charge is 0.481 e. The van der Waals surface area contributed by atoms with Crippen LogP contribution in [0.15, 0.2) is 47.2 Å². The van der Waals surface area contributed by atoms with E-state index in [2.05, 4.69) is 32.2 Å². The highest BCUT2D eigenvalue weighted by Crippen LogP contribution is 2.24. The number of aromatic nitrogens is 1. The molecule has 0 aliphatic carbocycles. The van der Waals surface area contributed by atoms with Crippen molar-refractivity contribution in [1.29, 1.82) is 0 Å². The molecule has 0 unspecified atom stereocenters. The second-order valence-corrected chi connectivity index (χ2v) is 4.76. The first-order valence-electron chi connectivity index (χ1n) is 5.78. The fourth-order valence-electron chi connectivity index (χ4n) is 1.61. The van der Waals surface area contributed by atoms with Gasteiger partial charge in [-0.05, 0) is 30.3 Å². The minimum Gasteiger partial charge on any atom is -0.481 e. The van der Waals surface area contributed by atoms with E-state index in [9.17, 15) is 0 Å². The smallest absolute Gasteiger partial charge is 0.148 e. The normalized spacial score (nSPS) is 9.68. The Morgan fingerprint density at radius 1 is 1.37 bits per heavy atom.